The van der Waals surface area contributed by atoms with Crippen LogP contribution in [-0.2, 0) is 11.2 Å². The predicted octanol–water partition coefficient (Wildman–Crippen LogP) is 4.67. The predicted molar refractivity (Wildman–Crippen MR) is 94.9 cm³/mol. The van der Waals surface area contributed by atoms with Crippen molar-refractivity contribution < 1.29 is 18.6 Å². The average molecular weight is 369 g/mol. The van der Waals surface area contributed by atoms with E-state index >= 15 is 0 Å². The van der Waals surface area contributed by atoms with Crippen LogP contribution < -0.4 is 4.74 Å². The largest absolute Gasteiger partial charge is 0.426 e. The van der Waals surface area contributed by atoms with Crippen molar-refractivity contribution in [3.05, 3.63) is 65.5 Å². The molecule has 4 aromatic rings. The Balaban J connectivity index is 1.47. The van der Waals surface area contributed by atoms with E-state index in [0.717, 1.165) is 16.6 Å². The van der Waals surface area contributed by atoms with E-state index in [1.807, 2.05) is 36.4 Å². The van der Waals surface area contributed by atoms with Gasteiger partial charge in [-0.05, 0) is 12.1 Å². The monoisotopic (exact) mass is 368 g/mol. The van der Waals surface area contributed by atoms with Crippen LogP contribution in [0.5, 0.6) is 5.75 Å². The van der Waals surface area contributed by atoms with E-state index in [9.17, 15) is 4.79 Å². The molecule has 7 heteroatoms. The summed E-state index contributed by atoms with van der Waals surface area (Å²) in [6.45, 7) is 0. The Morgan fingerprint density at radius 1 is 1.04 bits per heavy atom. The molecule has 0 saturated carbocycles. The van der Waals surface area contributed by atoms with E-state index in [1.54, 1.807) is 18.2 Å². The highest BCUT2D eigenvalue weighted by atomic mass is 35.5. The molecule has 130 valence electrons. The zero-order chi connectivity index (χ0) is 17.9. The standard InChI is InChI=1S/C19H13ClN2O4/c20-17-11-14(25-21-17)7-9-18(23)24-13-6-8-15-16(10-13)26-22-19(15)12-4-2-1-3-5-12/h1-6,8,10-11H,7,9H2. The van der Waals surface area contributed by atoms with Gasteiger partial charge in [0.15, 0.2) is 10.7 Å². The van der Waals surface area contributed by atoms with Crippen LogP contribution in [0.1, 0.15) is 12.2 Å². The van der Waals surface area contributed by atoms with Gasteiger partial charge in [0.25, 0.3) is 0 Å². The van der Waals surface area contributed by atoms with Crippen LogP contribution in [0.4, 0.5) is 0 Å². The fourth-order valence-electron chi connectivity index (χ4n) is 2.60. The molecule has 2 aromatic heterocycles. The molecule has 0 aliphatic rings. The number of hydrogen-bond donors (Lipinski definition) is 0. The van der Waals surface area contributed by atoms with E-state index in [4.69, 9.17) is 25.4 Å². The molecule has 4 rings (SSSR count). The molecule has 0 unspecified atom stereocenters. The van der Waals surface area contributed by atoms with Crippen molar-refractivity contribution in [2.24, 2.45) is 0 Å². The van der Waals surface area contributed by atoms with Crippen molar-refractivity contribution in [2.75, 3.05) is 0 Å². The third kappa shape index (κ3) is 3.45. The number of rotatable bonds is 5. The van der Waals surface area contributed by atoms with Crippen molar-refractivity contribution in [3.8, 4) is 17.0 Å². The molecule has 0 saturated heterocycles. The van der Waals surface area contributed by atoms with Gasteiger partial charge in [0.2, 0.25) is 0 Å². The van der Waals surface area contributed by atoms with E-state index in [2.05, 4.69) is 10.3 Å². The third-order valence-electron chi connectivity index (χ3n) is 3.83. The normalized spacial score (nSPS) is 11.0. The smallest absolute Gasteiger partial charge is 0.311 e. The van der Waals surface area contributed by atoms with Crippen LogP contribution in [0.15, 0.2) is 63.6 Å². The number of halogens is 1. The zero-order valence-electron chi connectivity index (χ0n) is 13.5. The van der Waals surface area contributed by atoms with E-state index in [0.29, 0.717) is 23.5 Å². The Kier molecular flexibility index (Phi) is 4.41. The van der Waals surface area contributed by atoms with Crippen molar-refractivity contribution in [1.29, 1.82) is 0 Å². The first kappa shape index (κ1) is 16.4. The minimum atomic E-state index is -0.389. The number of esters is 1. The van der Waals surface area contributed by atoms with Gasteiger partial charge in [0, 0.05) is 29.5 Å². The van der Waals surface area contributed by atoms with Crippen LogP contribution >= 0.6 is 11.6 Å². The number of aromatic nitrogens is 2. The summed E-state index contributed by atoms with van der Waals surface area (Å²) in [5.41, 5.74) is 2.26. The van der Waals surface area contributed by atoms with Gasteiger partial charge in [0.1, 0.15) is 17.2 Å². The van der Waals surface area contributed by atoms with Crippen molar-refractivity contribution in [3.63, 3.8) is 0 Å². The molecule has 0 radical (unpaired) electrons. The number of aryl methyl sites for hydroxylation is 1. The maximum absolute atomic E-state index is 12.0. The lowest BCUT2D eigenvalue weighted by atomic mass is 10.1. The summed E-state index contributed by atoms with van der Waals surface area (Å²) in [5, 5.41) is 8.79. The Labute approximate surface area is 153 Å². The molecule has 0 atom stereocenters. The van der Waals surface area contributed by atoms with E-state index in [1.165, 1.54) is 0 Å². The number of carbonyl (C=O) groups excluding carboxylic acids is 1. The van der Waals surface area contributed by atoms with Gasteiger partial charge in [-0.15, -0.1) is 0 Å². The number of carbonyl (C=O) groups is 1. The topological polar surface area (TPSA) is 78.4 Å². The number of ether oxygens (including phenoxy) is 1. The molecule has 0 bridgehead atoms. The van der Waals surface area contributed by atoms with Gasteiger partial charge in [0.05, 0.1) is 6.42 Å². The highest BCUT2D eigenvalue weighted by molar-refractivity contribution is 6.29. The minimum absolute atomic E-state index is 0.148. The van der Waals surface area contributed by atoms with Crippen molar-refractivity contribution in [2.45, 2.75) is 12.8 Å². The summed E-state index contributed by atoms with van der Waals surface area (Å²) in [6, 6.07) is 16.5. The lowest BCUT2D eigenvalue weighted by molar-refractivity contribution is -0.134. The lowest BCUT2D eigenvalue weighted by Gasteiger charge is -2.03. The van der Waals surface area contributed by atoms with Crippen LogP contribution in [0, 0.1) is 0 Å². The number of fused-ring (bicyclic) bond motifs is 1. The molecule has 0 amide bonds. The molecule has 2 aromatic carbocycles. The second-order valence-corrected chi connectivity index (χ2v) is 6.03. The van der Waals surface area contributed by atoms with E-state index < -0.39 is 0 Å². The summed E-state index contributed by atoms with van der Waals surface area (Å²) in [4.78, 5) is 12.0. The zero-order valence-corrected chi connectivity index (χ0v) is 14.3. The highest BCUT2D eigenvalue weighted by Gasteiger charge is 2.13. The van der Waals surface area contributed by atoms with Crippen LogP contribution in [0.2, 0.25) is 5.15 Å². The second-order valence-electron chi connectivity index (χ2n) is 5.65. The first-order chi connectivity index (χ1) is 12.7. The van der Waals surface area contributed by atoms with Crippen LogP contribution in [-0.4, -0.2) is 16.3 Å². The highest BCUT2D eigenvalue weighted by Crippen LogP contribution is 2.30. The molecule has 0 aliphatic carbocycles. The fraction of sp³-hybridized carbons (Fsp3) is 0.105. The summed E-state index contributed by atoms with van der Waals surface area (Å²) in [6.07, 6.45) is 0.510. The Morgan fingerprint density at radius 2 is 1.88 bits per heavy atom. The van der Waals surface area contributed by atoms with Gasteiger partial charge in [-0.25, -0.2) is 0 Å². The Hall–Kier alpha value is -3.12. The SMILES string of the molecule is O=C(CCc1cc(Cl)no1)Oc1ccc2c(-c3ccccc3)noc2c1. The van der Waals surface area contributed by atoms with Gasteiger partial charge in [-0.2, -0.15) is 0 Å². The molecule has 2 heterocycles. The van der Waals surface area contributed by atoms with Gasteiger partial charge in [-0.1, -0.05) is 52.2 Å². The average Bonchev–Trinajstić information content (AvgIpc) is 3.26. The number of benzene rings is 2. The molecule has 0 aliphatic heterocycles. The summed E-state index contributed by atoms with van der Waals surface area (Å²) < 4.78 is 15.7. The second kappa shape index (κ2) is 7.01. The number of nitrogens with zero attached hydrogens (tertiary/aromatic N) is 2. The molecule has 0 N–H and O–H groups in total. The van der Waals surface area contributed by atoms with Crippen LogP contribution in [0.25, 0.3) is 22.2 Å². The van der Waals surface area contributed by atoms with Crippen molar-refractivity contribution in [1.82, 2.24) is 10.3 Å². The first-order valence-electron chi connectivity index (χ1n) is 7.96. The molecular formula is C19H13ClN2O4. The Bertz CT molecular complexity index is 1060. The van der Waals surface area contributed by atoms with Crippen molar-refractivity contribution >= 4 is 28.5 Å². The van der Waals surface area contributed by atoms with Gasteiger partial charge >= 0.3 is 5.97 Å². The summed E-state index contributed by atoms with van der Waals surface area (Å²) in [7, 11) is 0. The lowest BCUT2D eigenvalue weighted by Crippen LogP contribution is -2.08. The maximum atomic E-state index is 12.0. The third-order valence-corrected chi connectivity index (χ3v) is 4.01. The molecular weight excluding hydrogens is 356 g/mol. The van der Waals surface area contributed by atoms with Gasteiger partial charge < -0.3 is 13.8 Å². The molecule has 6 nitrogen and oxygen atoms in total. The summed E-state index contributed by atoms with van der Waals surface area (Å²) >= 11 is 5.67. The quantitative estimate of drug-likeness (QED) is 0.376. The molecule has 26 heavy (non-hydrogen) atoms. The van der Waals surface area contributed by atoms with Crippen LogP contribution in [0.3, 0.4) is 0 Å². The Morgan fingerprint density at radius 3 is 2.65 bits per heavy atom. The summed E-state index contributed by atoms with van der Waals surface area (Å²) in [5.74, 6) is 0.540. The minimum Gasteiger partial charge on any atom is -0.426 e. The van der Waals surface area contributed by atoms with E-state index in [-0.39, 0.29) is 17.5 Å². The first-order valence-corrected chi connectivity index (χ1v) is 8.33. The molecule has 0 spiro atoms. The fourth-order valence-corrected chi connectivity index (χ4v) is 2.76. The van der Waals surface area contributed by atoms with Gasteiger partial charge in [-0.3, -0.25) is 4.79 Å². The maximum Gasteiger partial charge on any atom is 0.311 e. The molecule has 0 fully saturated rings. The number of hydrogen-bond acceptors (Lipinski definition) is 6.